The van der Waals surface area contributed by atoms with Crippen LogP contribution in [0, 0.1) is 34.5 Å². The summed E-state index contributed by atoms with van der Waals surface area (Å²) < 4.78 is 23.3. The average Bonchev–Trinajstić information content (AvgIpc) is 3.39. The fourth-order valence-corrected chi connectivity index (χ4v) is 10.2. The zero-order chi connectivity index (χ0) is 28.6. The molecule has 3 N–H and O–H groups in total. The molecule has 13 atom stereocenters. The van der Waals surface area contributed by atoms with Gasteiger partial charge in [0.1, 0.15) is 18.8 Å². The second kappa shape index (κ2) is 10.0. The van der Waals surface area contributed by atoms with E-state index in [4.69, 9.17) is 18.9 Å². The third kappa shape index (κ3) is 4.37. The lowest BCUT2D eigenvalue weighted by Crippen LogP contribution is -2.62. The van der Waals surface area contributed by atoms with Gasteiger partial charge in [0.15, 0.2) is 6.29 Å². The molecule has 0 aromatic rings. The number of aliphatic hydroxyl groups excluding tert-OH is 2. The Morgan fingerprint density at radius 3 is 2.52 bits per heavy atom. The number of hydrogen-bond donors (Lipinski definition) is 3. The summed E-state index contributed by atoms with van der Waals surface area (Å²) in [5.41, 5.74) is -0.616. The highest BCUT2D eigenvalue weighted by molar-refractivity contribution is 5.85. The van der Waals surface area contributed by atoms with Crippen LogP contribution >= 0.6 is 0 Å². The summed E-state index contributed by atoms with van der Waals surface area (Å²) in [7, 11) is 0. The van der Waals surface area contributed by atoms with Crippen LogP contribution in [0.15, 0.2) is 11.6 Å². The number of esters is 2. The zero-order valence-corrected chi connectivity index (χ0v) is 24.2. The van der Waals surface area contributed by atoms with Crippen LogP contribution in [0.5, 0.6) is 0 Å². The smallest absolute Gasteiger partial charge is 0.331 e. The van der Waals surface area contributed by atoms with Crippen molar-refractivity contribution in [3.63, 3.8) is 0 Å². The van der Waals surface area contributed by atoms with Gasteiger partial charge < -0.3 is 34.3 Å². The average molecular weight is 563 g/mol. The van der Waals surface area contributed by atoms with Crippen molar-refractivity contribution in [3.05, 3.63) is 11.6 Å². The van der Waals surface area contributed by atoms with Gasteiger partial charge in [-0.15, -0.1) is 0 Å². The fourth-order valence-electron chi connectivity index (χ4n) is 10.2. The molecule has 1 saturated heterocycles. The standard InChI is InChI=1S/C31H46O9/c1-16-28(35)23(33)13-26(38-16)40-20-7-9-29(3)19(12-20)5-6-22-21(29)8-10-30(4)27(18-11-25(34)37-15-18)24(39-17(2)32)14-31(22,30)36/h11,16,19-24,26-28,33,35-36H,5-10,12-15H2,1-4H3/t16?,19-,20+,21+,22-,23+,24+,26+,27+,28-,29+,30-,31+/m1/s1. The van der Waals surface area contributed by atoms with Gasteiger partial charge in [0.05, 0.1) is 23.9 Å². The molecule has 4 aliphatic carbocycles. The van der Waals surface area contributed by atoms with Crippen LogP contribution in [0.2, 0.25) is 0 Å². The number of fused-ring (bicyclic) bond motifs is 5. The molecule has 2 aliphatic heterocycles. The lowest BCUT2D eigenvalue weighted by molar-refractivity contribution is -0.270. The van der Waals surface area contributed by atoms with Crippen molar-refractivity contribution in [2.45, 2.75) is 128 Å². The fraction of sp³-hybridized carbons (Fsp3) is 0.871. The van der Waals surface area contributed by atoms with E-state index in [2.05, 4.69) is 13.8 Å². The van der Waals surface area contributed by atoms with E-state index in [0.29, 0.717) is 18.3 Å². The van der Waals surface area contributed by atoms with Gasteiger partial charge in [-0.1, -0.05) is 13.8 Å². The lowest BCUT2D eigenvalue weighted by Gasteiger charge is -2.63. The Morgan fingerprint density at radius 1 is 1.07 bits per heavy atom. The maximum absolute atomic E-state index is 12.7. The van der Waals surface area contributed by atoms with Crippen molar-refractivity contribution in [1.82, 2.24) is 0 Å². The first-order valence-corrected chi connectivity index (χ1v) is 15.3. The SMILES string of the molecule is CC(=O)O[C@H]1C[C@]2(O)[C@@H]3CC[C@@H]4C[C@@H](O[C@H]5C[C@H](O)[C@H](O)C(C)O5)CC[C@]4(C)[C@H]3CC[C@]2(C)[C@H]1C1=CC(=O)OC1. The summed E-state index contributed by atoms with van der Waals surface area (Å²) in [6.45, 7) is 7.90. The van der Waals surface area contributed by atoms with Crippen LogP contribution in [0.1, 0.15) is 85.5 Å². The molecule has 0 aromatic heterocycles. The highest BCUT2D eigenvalue weighted by Gasteiger charge is 2.71. The van der Waals surface area contributed by atoms with Crippen molar-refractivity contribution in [3.8, 4) is 0 Å². The number of hydrogen-bond acceptors (Lipinski definition) is 9. The second-order valence-electron chi connectivity index (χ2n) is 14.1. The molecular formula is C31H46O9. The normalized spacial score (nSPS) is 52.2. The Kier molecular flexibility index (Phi) is 7.18. The number of carbonyl (C=O) groups excluding carboxylic acids is 2. The molecule has 2 heterocycles. The second-order valence-corrected chi connectivity index (χ2v) is 14.1. The van der Waals surface area contributed by atoms with Gasteiger partial charge in [0.25, 0.3) is 0 Å². The Morgan fingerprint density at radius 2 is 1.85 bits per heavy atom. The lowest BCUT2D eigenvalue weighted by atomic mass is 9.43. The van der Waals surface area contributed by atoms with Crippen LogP contribution in [0.3, 0.4) is 0 Å². The maximum Gasteiger partial charge on any atom is 0.331 e. The number of ether oxygens (including phenoxy) is 4. The van der Waals surface area contributed by atoms with Crippen LogP contribution in [0.25, 0.3) is 0 Å². The van der Waals surface area contributed by atoms with E-state index in [-0.39, 0.29) is 48.3 Å². The number of rotatable bonds is 4. The van der Waals surface area contributed by atoms with E-state index < -0.39 is 41.7 Å². The molecule has 224 valence electrons. The zero-order valence-electron chi connectivity index (χ0n) is 24.2. The van der Waals surface area contributed by atoms with Gasteiger partial charge in [-0.05, 0) is 80.6 Å². The number of aliphatic hydroxyl groups is 3. The third-order valence-corrected chi connectivity index (χ3v) is 12.2. The van der Waals surface area contributed by atoms with Crippen molar-refractivity contribution in [1.29, 1.82) is 0 Å². The predicted molar refractivity (Wildman–Crippen MR) is 142 cm³/mol. The van der Waals surface area contributed by atoms with E-state index in [1.54, 1.807) is 13.0 Å². The number of carbonyl (C=O) groups is 2. The quantitative estimate of drug-likeness (QED) is 0.349. The Labute approximate surface area is 236 Å². The summed E-state index contributed by atoms with van der Waals surface area (Å²) in [6.07, 6.45) is 5.56. The molecule has 0 aromatic carbocycles. The van der Waals surface area contributed by atoms with E-state index in [0.717, 1.165) is 50.5 Å². The molecule has 0 amide bonds. The minimum absolute atomic E-state index is 0.0438. The van der Waals surface area contributed by atoms with E-state index in [1.807, 2.05) is 0 Å². The summed E-state index contributed by atoms with van der Waals surface area (Å²) in [5, 5.41) is 32.9. The molecule has 5 fully saturated rings. The molecular weight excluding hydrogens is 516 g/mol. The summed E-state index contributed by atoms with van der Waals surface area (Å²) >= 11 is 0. The van der Waals surface area contributed by atoms with Crippen molar-refractivity contribution in [2.24, 2.45) is 34.5 Å². The van der Waals surface area contributed by atoms with Crippen molar-refractivity contribution in [2.75, 3.05) is 6.61 Å². The van der Waals surface area contributed by atoms with Crippen LogP contribution in [-0.2, 0) is 28.5 Å². The molecule has 1 unspecified atom stereocenters. The molecule has 6 aliphatic rings. The molecule has 40 heavy (non-hydrogen) atoms. The van der Waals surface area contributed by atoms with Gasteiger partial charge in [0, 0.05) is 37.2 Å². The molecule has 4 saturated carbocycles. The molecule has 0 spiro atoms. The van der Waals surface area contributed by atoms with Crippen molar-refractivity contribution >= 4 is 11.9 Å². The summed E-state index contributed by atoms with van der Waals surface area (Å²) in [6, 6.07) is 0. The first-order valence-electron chi connectivity index (χ1n) is 15.3. The highest BCUT2D eigenvalue weighted by Crippen LogP contribution is 2.70. The monoisotopic (exact) mass is 562 g/mol. The topological polar surface area (TPSA) is 132 Å². The first-order chi connectivity index (χ1) is 18.9. The highest BCUT2D eigenvalue weighted by atomic mass is 16.7. The van der Waals surface area contributed by atoms with Gasteiger partial charge in [-0.2, -0.15) is 0 Å². The molecule has 9 nitrogen and oxygen atoms in total. The molecule has 0 radical (unpaired) electrons. The Hall–Kier alpha value is -1.52. The van der Waals surface area contributed by atoms with Crippen LogP contribution in [-0.4, -0.2) is 76.3 Å². The van der Waals surface area contributed by atoms with Gasteiger partial charge in [0.2, 0.25) is 0 Å². The van der Waals surface area contributed by atoms with E-state index >= 15 is 0 Å². The van der Waals surface area contributed by atoms with Crippen LogP contribution in [0.4, 0.5) is 0 Å². The Balaban J connectivity index is 1.20. The van der Waals surface area contributed by atoms with Crippen molar-refractivity contribution < 1.29 is 43.9 Å². The molecule has 9 heteroatoms. The van der Waals surface area contributed by atoms with Gasteiger partial charge in [-0.25, -0.2) is 4.79 Å². The summed E-state index contributed by atoms with van der Waals surface area (Å²) in [4.78, 5) is 24.1. The first kappa shape index (κ1) is 28.6. The predicted octanol–water partition coefficient (Wildman–Crippen LogP) is 3.03. The van der Waals surface area contributed by atoms with Gasteiger partial charge >= 0.3 is 11.9 Å². The summed E-state index contributed by atoms with van der Waals surface area (Å²) in [5.74, 6) is -0.0749. The minimum Gasteiger partial charge on any atom is -0.462 e. The molecule has 6 rings (SSSR count). The molecule has 0 bridgehead atoms. The minimum atomic E-state index is -1.00. The van der Waals surface area contributed by atoms with Gasteiger partial charge in [-0.3, -0.25) is 4.79 Å². The van der Waals surface area contributed by atoms with E-state index in [9.17, 15) is 24.9 Å². The third-order valence-electron chi connectivity index (χ3n) is 12.2. The van der Waals surface area contributed by atoms with Crippen LogP contribution < -0.4 is 0 Å². The largest absolute Gasteiger partial charge is 0.462 e. The Bertz CT molecular complexity index is 1050. The number of cyclic esters (lactones) is 1. The van der Waals surface area contributed by atoms with E-state index in [1.165, 1.54) is 6.92 Å². The maximum atomic E-state index is 12.7.